The molecule has 94 valence electrons. The Kier molecular flexibility index (Phi) is 3.05. The number of hydrogen-bond donors (Lipinski definition) is 2. The van der Waals surface area contributed by atoms with Crippen LogP contribution in [0.2, 0.25) is 0 Å². The van der Waals surface area contributed by atoms with Gasteiger partial charge < -0.3 is 5.32 Å². The molecular formula is C11H8F2N2O3. The van der Waals surface area contributed by atoms with E-state index in [9.17, 15) is 23.2 Å². The second kappa shape index (κ2) is 4.52. The summed E-state index contributed by atoms with van der Waals surface area (Å²) in [4.78, 5) is 33.7. The van der Waals surface area contributed by atoms with E-state index in [0.29, 0.717) is 0 Å². The molecule has 0 saturated carbocycles. The second-order valence-corrected chi connectivity index (χ2v) is 3.74. The van der Waals surface area contributed by atoms with Gasteiger partial charge in [-0.15, -0.1) is 0 Å². The third-order valence-corrected chi connectivity index (χ3v) is 2.47. The highest BCUT2D eigenvalue weighted by Gasteiger charge is 2.32. The van der Waals surface area contributed by atoms with E-state index >= 15 is 0 Å². The molecule has 1 heterocycles. The highest BCUT2D eigenvalue weighted by molar-refractivity contribution is 6.08. The van der Waals surface area contributed by atoms with Crippen molar-refractivity contribution < 1.29 is 23.2 Å². The van der Waals surface area contributed by atoms with E-state index in [1.165, 1.54) is 6.07 Å². The first kappa shape index (κ1) is 12.2. The summed E-state index contributed by atoms with van der Waals surface area (Å²) in [5.74, 6) is -4.58. The molecule has 0 spiro atoms. The van der Waals surface area contributed by atoms with Gasteiger partial charge in [-0.25, -0.2) is 8.78 Å². The lowest BCUT2D eigenvalue weighted by molar-refractivity contribution is -0.125. The topological polar surface area (TPSA) is 75.3 Å². The van der Waals surface area contributed by atoms with E-state index < -0.39 is 41.0 Å². The van der Waals surface area contributed by atoms with Gasteiger partial charge in [0, 0.05) is 0 Å². The number of rotatable bonds is 2. The van der Waals surface area contributed by atoms with Crippen molar-refractivity contribution in [3.05, 3.63) is 35.4 Å². The van der Waals surface area contributed by atoms with Crippen LogP contribution in [-0.4, -0.2) is 23.8 Å². The lowest BCUT2D eigenvalue weighted by atomic mass is 10.1. The molecule has 1 atom stereocenters. The number of hydrogen-bond acceptors (Lipinski definition) is 3. The Morgan fingerprint density at radius 2 is 2.06 bits per heavy atom. The molecule has 2 N–H and O–H groups in total. The largest absolute Gasteiger partial charge is 0.340 e. The van der Waals surface area contributed by atoms with Crippen LogP contribution in [0, 0.1) is 11.6 Å². The van der Waals surface area contributed by atoms with Gasteiger partial charge in [0.05, 0.1) is 12.0 Å². The second-order valence-electron chi connectivity index (χ2n) is 3.74. The molecule has 0 aliphatic carbocycles. The van der Waals surface area contributed by atoms with Gasteiger partial charge >= 0.3 is 0 Å². The normalized spacial score (nSPS) is 18.7. The molecule has 1 fully saturated rings. The van der Waals surface area contributed by atoms with E-state index in [0.717, 1.165) is 12.1 Å². The summed E-state index contributed by atoms with van der Waals surface area (Å²) in [7, 11) is 0. The zero-order valence-corrected chi connectivity index (χ0v) is 9.00. The average Bonchev–Trinajstić information content (AvgIpc) is 2.61. The molecule has 2 rings (SSSR count). The summed E-state index contributed by atoms with van der Waals surface area (Å²) in [6.45, 7) is 0. The van der Waals surface area contributed by atoms with Gasteiger partial charge in [-0.2, -0.15) is 0 Å². The molecule has 1 aromatic carbocycles. The first-order valence-electron chi connectivity index (χ1n) is 5.07. The number of halogens is 2. The van der Waals surface area contributed by atoms with Crippen molar-refractivity contribution in [1.29, 1.82) is 0 Å². The van der Waals surface area contributed by atoms with E-state index in [2.05, 4.69) is 5.32 Å². The third kappa shape index (κ3) is 2.20. The van der Waals surface area contributed by atoms with Crippen LogP contribution in [0.4, 0.5) is 8.78 Å². The number of amides is 3. The van der Waals surface area contributed by atoms with Crippen LogP contribution in [0.3, 0.4) is 0 Å². The summed E-state index contributed by atoms with van der Waals surface area (Å²) in [5, 5.41) is 4.15. The van der Waals surface area contributed by atoms with Crippen molar-refractivity contribution >= 4 is 17.7 Å². The minimum absolute atomic E-state index is 0.207. The van der Waals surface area contributed by atoms with Crippen LogP contribution < -0.4 is 10.6 Å². The highest BCUT2D eigenvalue weighted by atomic mass is 19.2. The summed E-state index contributed by atoms with van der Waals surface area (Å²) < 4.78 is 26.2. The Morgan fingerprint density at radius 1 is 1.33 bits per heavy atom. The maximum Gasteiger partial charge on any atom is 0.255 e. The molecular weight excluding hydrogens is 246 g/mol. The molecule has 1 aliphatic rings. The number of carbonyl (C=O) groups excluding carboxylic acids is 3. The van der Waals surface area contributed by atoms with Gasteiger partial charge in [0.1, 0.15) is 6.04 Å². The summed E-state index contributed by atoms with van der Waals surface area (Å²) in [6.07, 6.45) is -0.207. The summed E-state index contributed by atoms with van der Waals surface area (Å²) >= 11 is 0. The quantitative estimate of drug-likeness (QED) is 0.735. The lowest BCUT2D eigenvalue weighted by Gasteiger charge is -2.09. The van der Waals surface area contributed by atoms with Gasteiger partial charge in [0.15, 0.2) is 11.6 Å². The van der Waals surface area contributed by atoms with E-state index in [-0.39, 0.29) is 6.42 Å². The fourth-order valence-electron chi connectivity index (χ4n) is 1.59. The van der Waals surface area contributed by atoms with Gasteiger partial charge in [0.25, 0.3) is 5.91 Å². The summed E-state index contributed by atoms with van der Waals surface area (Å²) in [6, 6.07) is 2.08. The predicted octanol–water partition coefficient (Wildman–Crippen LogP) is 0.110. The van der Waals surface area contributed by atoms with E-state index in [4.69, 9.17) is 0 Å². The first-order valence-corrected chi connectivity index (χ1v) is 5.07. The SMILES string of the molecule is O=C1CC(NC(=O)c2cccc(F)c2F)C(=O)N1. The number of nitrogens with one attached hydrogen (secondary N) is 2. The highest BCUT2D eigenvalue weighted by Crippen LogP contribution is 2.12. The Balaban J connectivity index is 2.15. The molecule has 1 aromatic rings. The van der Waals surface area contributed by atoms with Crippen molar-refractivity contribution in [2.45, 2.75) is 12.5 Å². The summed E-state index contributed by atoms with van der Waals surface area (Å²) in [5.41, 5.74) is -0.512. The van der Waals surface area contributed by atoms with Crippen LogP contribution in [0.25, 0.3) is 0 Å². The predicted molar refractivity (Wildman–Crippen MR) is 55.4 cm³/mol. The molecule has 1 aliphatic heterocycles. The third-order valence-electron chi connectivity index (χ3n) is 2.47. The lowest BCUT2D eigenvalue weighted by Crippen LogP contribution is -2.40. The van der Waals surface area contributed by atoms with Gasteiger partial charge in [-0.3, -0.25) is 19.7 Å². The van der Waals surface area contributed by atoms with Gasteiger partial charge in [-0.05, 0) is 12.1 Å². The fraction of sp³-hybridized carbons (Fsp3) is 0.182. The molecule has 1 unspecified atom stereocenters. The molecule has 0 bridgehead atoms. The van der Waals surface area contributed by atoms with Crippen LogP contribution in [0.5, 0.6) is 0 Å². The molecule has 7 heteroatoms. The smallest absolute Gasteiger partial charge is 0.255 e. The minimum atomic E-state index is -1.29. The Labute approximate surface area is 100 Å². The maximum atomic E-state index is 13.3. The molecule has 0 aromatic heterocycles. The standard InChI is InChI=1S/C11H8F2N2O3/c12-6-3-1-2-5(9(6)13)10(17)14-7-4-8(16)15-11(7)18/h1-3,7H,4H2,(H,14,17)(H,15,16,18). The molecule has 5 nitrogen and oxygen atoms in total. The van der Waals surface area contributed by atoms with Crippen molar-refractivity contribution in [2.75, 3.05) is 0 Å². The number of benzene rings is 1. The fourth-order valence-corrected chi connectivity index (χ4v) is 1.59. The van der Waals surface area contributed by atoms with Crippen molar-refractivity contribution in [3.8, 4) is 0 Å². The van der Waals surface area contributed by atoms with Crippen molar-refractivity contribution in [2.24, 2.45) is 0 Å². The number of carbonyl (C=O) groups is 3. The van der Waals surface area contributed by atoms with Gasteiger partial charge in [-0.1, -0.05) is 6.07 Å². The molecule has 18 heavy (non-hydrogen) atoms. The Hall–Kier alpha value is -2.31. The van der Waals surface area contributed by atoms with Crippen LogP contribution in [-0.2, 0) is 9.59 Å². The van der Waals surface area contributed by atoms with Crippen molar-refractivity contribution in [1.82, 2.24) is 10.6 Å². The zero-order valence-electron chi connectivity index (χ0n) is 9.00. The Morgan fingerprint density at radius 3 is 2.67 bits per heavy atom. The van der Waals surface area contributed by atoms with Crippen LogP contribution in [0.1, 0.15) is 16.8 Å². The average molecular weight is 254 g/mol. The maximum absolute atomic E-state index is 13.3. The minimum Gasteiger partial charge on any atom is -0.340 e. The monoisotopic (exact) mass is 254 g/mol. The number of imide groups is 1. The zero-order chi connectivity index (χ0) is 13.3. The van der Waals surface area contributed by atoms with E-state index in [1.54, 1.807) is 0 Å². The molecule has 0 radical (unpaired) electrons. The Bertz CT molecular complexity index is 545. The van der Waals surface area contributed by atoms with Gasteiger partial charge in [0.2, 0.25) is 11.8 Å². The first-order chi connectivity index (χ1) is 8.49. The molecule has 3 amide bonds. The van der Waals surface area contributed by atoms with E-state index in [1.807, 2.05) is 5.32 Å². The van der Waals surface area contributed by atoms with Crippen LogP contribution >= 0.6 is 0 Å². The molecule has 1 saturated heterocycles. The van der Waals surface area contributed by atoms with Crippen molar-refractivity contribution in [3.63, 3.8) is 0 Å². The van der Waals surface area contributed by atoms with Crippen LogP contribution in [0.15, 0.2) is 18.2 Å².